The third-order valence-electron chi connectivity index (χ3n) is 1.21. The Bertz CT molecular complexity index is 194. The maximum atomic E-state index is 10.2. The number of dihydropyridines is 1. The molecular formula is C7H9NO2. The normalized spacial score (nSPS) is 15.8. The molecule has 3 nitrogen and oxygen atoms in total. The fourth-order valence-electron chi connectivity index (χ4n) is 0.801. The van der Waals surface area contributed by atoms with E-state index in [1.165, 1.54) is 0 Å². The Balaban J connectivity index is 2.48. The van der Waals surface area contributed by atoms with Gasteiger partial charge in [0.05, 0.1) is 6.42 Å². The number of nitrogens with one attached hydrogen (secondary N) is 1. The molecule has 0 atom stereocenters. The summed E-state index contributed by atoms with van der Waals surface area (Å²) in [5, 5.41) is 11.3. The number of carboxylic acid groups (broad SMARTS) is 1. The summed E-state index contributed by atoms with van der Waals surface area (Å²) in [6.45, 7) is 0.795. The molecule has 0 aliphatic carbocycles. The minimum absolute atomic E-state index is 0.101. The highest BCUT2D eigenvalue weighted by atomic mass is 16.4. The van der Waals surface area contributed by atoms with Gasteiger partial charge in [0.2, 0.25) is 0 Å². The van der Waals surface area contributed by atoms with Crippen LogP contribution in [0.1, 0.15) is 6.42 Å². The van der Waals surface area contributed by atoms with Gasteiger partial charge >= 0.3 is 5.97 Å². The molecule has 1 heterocycles. The summed E-state index contributed by atoms with van der Waals surface area (Å²) in [5.74, 6) is -0.792. The van der Waals surface area contributed by atoms with Crippen molar-refractivity contribution in [3.8, 4) is 0 Å². The van der Waals surface area contributed by atoms with Gasteiger partial charge in [-0.25, -0.2) is 0 Å². The standard InChI is InChI=1S/C7H9NO2/c9-7(10)4-6-2-1-3-8-5-6/h1-2,5,8H,3-4H2,(H,9,10). The molecule has 0 bridgehead atoms. The van der Waals surface area contributed by atoms with Crippen LogP contribution in [0, 0.1) is 0 Å². The van der Waals surface area contributed by atoms with Crippen molar-refractivity contribution >= 4 is 5.97 Å². The summed E-state index contributed by atoms with van der Waals surface area (Å²) in [6, 6.07) is 0. The first-order valence-corrected chi connectivity index (χ1v) is 3.10. The second-order valence-corrected chi connectivity index (χ2v) is 2.10. The van der Waals surface area contributed by atoms with E-state index in [1.807, 2.05) is 12.2 Å². The average Bonchev–Trinajstić information content (AvgIpc) is 1.88. The van der Waals surface area contributed by atoms with Crippen LogP contribution in [-0.2, 0) is 4.79 Å². The number of carbonyl (C=O) groups is 1. The van der Waals surface area contributed by atoms with Crippen molar-refractivity contribution in [1.82, 2.24) is 5.32 Å². The zero-order chi connectivity index (χ0) is 7.40. The van der Waals surface area contributed by atoms with Crippen LogP contribution in [0.2, 0.25) is 0 Å². The quantitative estimate of drug-likeness (QED) is 0.585. The number of aliphatic carboxylic acids is 1. The van der Waals surface area contributed by atoms with Crippen LogP contribution < -0.4 is 5.32 Å². The molecule has 1 rings (SSSR count). The van der Waals surface area contributed by atoms with E-state index in [4.69, 9.17) is 5.11 Å². The van der Waals surface area contributed by atoms with E-state index in [2.05, 4.69) is 5.32 Å². The molecule has 0 saturated carbocycles. The number of rotatable bonds is 2. The molecule has 3 heteroatoms. The minimum atomic E-state index is -0.792. The summed E-state index contributed by atoms with van der Waals surface area (Å²) in [6.07, 6.45) is 5.56. The topological polar surface area (TPSA) is 49.3 Å². The van der Waals surface area contributed by atoms with Gasteiger partial charge in [-0.05, 0) is 5.57 Å². The fraction of sp³-hybridized carbons (Fsp3) is 0.286. The smallest absolute Gasteiger partial charge is 0.307 e. The molecule has 0 radical (unpaired) electrons. The molecule has 0 spiro atoms. The average molecular weight is 139 g/mol. The van der Waals surface area contributed by atoms with Crippen LogP contribution in [0.4, 0.5) is 0 Å². The predicted molar refractivity (Wildman–Crippen MR) is 37.5 cm³/mol. The van der Waals surface area contributed by atoms with Crippen LogP contribution in [0.15, 0.2) is 23.9 Å². The number of allylic oxidation sites excluding steroid dienone is 1. The van der Waals surface area contributed by atoms with E-state index < -0.39 is 5.97 Å². The Morgan fingerprint density at radius 2 is 2.60 bits per heavy atom. The van der Waals surface area contributed by atoms with Gasteiger partial charge in [-0.1, -0.05) is 12.2 Å². The third-order valence-corrected chi connectivity index (χ3v) is 1.21. The lowest BCUT2D eigenvalue weighted by molar-refractivity contribution is -0.136. The van der Waals surface area contributed by atoms with Crippen LogP contribution in [-0.4, -0.2) is 17.6 Å². The van der Waals surface area contributed by atoms with Gasteiger partial charge in [0.1, 0.15) is 0 Å². The molecule has 0 aromatic carbocycles. The van der Waals surface area contributed by atoms with Crippen molar-refractivity contribution in [3.05, 3.63) is 23.9 Å². The van der Waals surface area contributed by atoms with Gasteiger partial charge < -0.3 is 10.4 Å². The number of hydrogen-bond acceptors (Lipinski definition) is 2. The van der Waals surface area contributed by atoms with E-state index in [0.717, 1.165) is 12.1 Å². The predicted octanol–water partition coefficient (Wildman–Crippen LogP) is 0.504. The Hall–Kier alpha value is -1.25. The van der Waals surface area contributed by atoms with E-state index in [0.29, 0.717) is 0 Å². The van der Waals surface area contributed by atoms with Crippen LogP contribution in [0.25, 0.3) is 0 Å². The summed E-state index contributed by atoms with van der Waals surface area (Å²) < 4.78 is 0. The highest BCUT2D eigenvalue weighted by Gasteiger charge is 2.01. The first-order chi connectivity index (χ1) is 4.79. The molecule has 1 aliphatic rings. The fourth-order valence-corrected chi connectivity index (χ4v) is 0.801. The lowest BCUT2D eigenvalue weighted by Gasteiger charge is -2.04. The van der Waals surface area contributed by atoms with E-state index in [-0.39, 0.29) is 6.42 Å². The van der Waals surface area contributed by atoms with Gasteiger partial charge in [-0.3, -0.25) is 4.79 Å². The summed E-state index contributed by atoms with van der Waals surface area (Å²) in [5.41, 5.74) is 0.818. The van der Waals surface area contributed by atoms with Gasteiger partial charge in [0.25, 0.3) is 0 Å². The highest BCUT2D eigenvalue weighted by molar-refractivity contribution is 5.71. The molecule has 0 aromatic heterocycles. The SMILES string of the molecule is O=C(O)CC1=CNCC=C1. The Kier molecular flexibility index (Phi) is 2.10. The Labute approximate surface area is 59.0 Å². The molecule has 0 aromatic rings. The molecule has 0 amide bonds. The second-order valence-electron chi connectivity index (χ2n) is 2.10. The molecule has 1 aliphatic heterocycles. The maximum absolute atomic E-state index is 10.2. The molecule has 2 N–H and O–H groups in total. The van der Waals surface area contributed by atoms with Crippen LogP contribution >= 0.6 is 0 Å². The summed E-state index contributed by atoms with van der Waals surface area (Å²) >= 11 is 0. The van der Waals surface area contributed by atoms with Gasteiger partial charge in [-0.2, -0.15) is 0 Å². The first kappa shape index (κ1) is 6.86. The second kappa shape index (κ2) is 3.06. The number of carboxylic acids is 1. The van der Waals surface area contributed by atoms with Crippen molar-refractivity contribution < 1.29 is 9.90 Å². The third kappa shape index (κ3) is 1.93. The molecule has 54 valence electrons. The van der Waals surface area contributed by atoms with Crippen molar-refractivity contribution in [3.63, 3.8) is 0 Å². The first-order valence-electron chi connectivity index (χ1n) is 3.10. The minimum Gasteiger partial charge on any atom is -0.481 e. The van der Waals surface area contributed by atoms with Crippen molar-refractivity contribution in [2.45, 2.75) is 6.42 Å². The number of hydrogen-bond donors (Lipinski definition) is 2. The van der Waals surface area contributed by atoms with Crippen molar-refractivity contribution in [2.24, 2.45) is 0 Å². The highest BCUT2D eigenvalue weighted by Crippen LogP contribution is 2.04. The summed E-state index contributed by atoms with van der Waals surface area (Å²) in [7, 11) is 0. The largest absolute Gasteiger partial charge is 0.481 e. The Morgan fingerprint density at radius 1 is 1.80 bits per heavy atom. The maximum Gasteiger partial charge on any atom is 0.307 e. The zero-order valence-electron chi connectivity index (χ0n) is 5.50. The monoisotopic (exact) mass is 139 g/mol. The molecular weight excluding hydrogens is 130 g/mol. The van der Waals surface area contributed by atoms with Gasteiger partial charge in [-0.15, -0.1) is 0 Å². The molecule has 0 fully saturated rings. The van der Waals surface area contributed by atoms with Crippen molar-refractivity contribution in [2.75, 3.05) is 6.54 Å². The molecule has 10 heavy (non-hydrogen) atoms. The summed E-state index contributed by atoms with van der Waals surface area (Å²) in [4.78, 5) is 10.2. The van der Waals surface area contributed by atoms with Gasteiger partial charge in [0.15, 0.2) is 0 Å². The van der Waals surface area contributed by atoms with Crippen LogP contribution in [0.3, 0.4) is 0 Å². The van der Waals surface area contributed by atoms with Gasteiger partial charge in [0, 0.05) is 12.7 Å². The lowest BCUT2D eigenvalue weighted by Crippen LogP contribution is -2.10. The molecule has 0 saturated heterocycles. The van der Waals surface area contributed by atoms with E-state index in [9.17, 15) is 4.79 Å². The van der Waals surface area contributed by atoms with E-state index in [1.54, 1.807) is 6.20 Å². The Morgan fingerprint density at radius 3 is 3.10 bits per heavy atom. The molecule has 0 unspecified atom stereocenters. The van der Waals surface area contributed by atoms with Crippen molar-refractivity contribution in [1.29, 1.82) is 0 Å². The van der Waals surface area contributed by atoms with E-state index >= 15 is 0 Å². The zero-order valence-corrected chi connectivity index (χ0v) is 5.50. The lowest BCUT2D eigenvalue weighted by atomic mass is 10.1. The van der Waals surface area contributed by atoms with Crippen LogP contribution in [0.5, 0.6) is 0 Å².